The average molecular weight is 533 g/mol. The molecule has 2 saturated carbocycles. The van der Waals surface area contributed by atoms with Gasteiger partial charge in [-0.15, -0.1) is 30.9 Å². The Labute approximate surface area is 223 Å². The summed E-state index contributed by atoms with van der Waals surface area (Å²) in [5.74, 6) is -0.301. The maximum atomic E-state index is 10.4. The summed E-state index contributed by atoms with van der Waals surface area (Å²) < 4.78 is 0. The van der Waals surface area contributed by atoms with Gasteiger partial charge in [-0.05, 0) is 31.7 Å². The Balaban J connectivity index is 0.000000284. The quantitative estimate of drug-likeness (QED) is 0.347. The molecule has 5 N–H and O–H groups in total. The molecule has 1 radical (unpaired) electrons. The number of carboxylic acid groups (broad SMARTS) is 1. The average Bonchev–Trinajstić information content (AvgIpc) is 2.89. The molecule has 4 unspecified atom stereocenters. The first kappa shape index (κ1) is 30.3. The fourth-order valence-electron chi connectivity index (χ4n) is 5.63. The van der Waals surface area contributed by atoms with Gasteiger partial charge < -0.3 is 32.1 Å². The minimum absolute atomic E-state index is 0. The smallest absolute Gasteiger partial charge is 0.684 e. The van der Waals surface area contributed by atoms with Gasteiger partial charge in [-0.1, -0.05) is 76.4 Å². The Morgan fingerprint density at radius 2 is 1.69 bits per heavy atom. The zero-order valence-corrected chi connectivity index (χ0v) is 22.3. The van der Waals surface area contributed by atoms with E-state index in [0.29, 0.717) is 30.5 Å². The zero-order valence-electron chi connectivity index (χ0n) is 21.3. The second-order valence-corrected chi connectivity index (χ2v) is 10.5. The number of nitrogens with zero attached hydrogens (tertiary/aromatic N) is 2. The first-order chi connectivity index (χ1) is 16.6. The number of carboxylic acids is 1. The van der Waals surface area contributed by atoms with Gasteiger partial charge in [0.25, 0.3) is 0 Å². The first-order valence-electron chi connectivity index (χ1n) is 13.8. The van der Waals surface area contributed by atoms with Gasteiger partial charge in [-0.3, -0.25) is 4.79 Å². The van der Waals surface area contributed by atoms with Gasteiger partial charge in [-0.2, -0.15) is 0 Å². The normalized spacial score (nSPS) is 27.9. The Morgan fingerprint density at radius 3 is 2.31 bits per heavy atom. The molecule has 0 bridgehead atoms. The zero-order chi connectivity index (χ0) is 24.0. The molecule has 4 rings (SSSR count). The Kier molecular flexibility index (Phi) is 15.2. The van der Waals surface area contributed by atoms with Crippen molar-refractivity contribution in [3.05, 3.63) is 34.6 Å². The molecule has 1 saturated heterocycles. The number of allylic oxidation sites excluding steroid dienone is 2. The molecule has 8 heteroatoms. The summed E-state index contributed by atoms with van der Waals surface area (Å²) in [6.45, 7) is 3.88. The number of nitrogens with one attached hydrogen (secondary N) is 2. The summed E-state index contributed by atoms with van der Waals surface area (Å²) in [5.41, 5.74) is 6.64. The third-order valence-electron chi connectivity index (χ3n) is 7.71. The van der Waals surface area contributed by atoms with Crippen molar-refractivity contribution in [3.8, 4) is 0 Å². The minimum atomic E-state index is -0.861. The van der Waals surface area contributed by atoms with E-state index < -0.39 is 12.0 Å². The number of hydrogen-bond acceptors (Lipinski definition) is 4. The monoisotopic (exact) mass is 532 g/mol. The summed E-state index contributed by atoms with van der Waals surface area (Å²) in [5, 5.41) is 25.4. The molecule has 0 aromatic carbocycles. The molecular formula is C27H47CoN5O2. The van der Waals surface area contributed by atoms with Crippen LogP contribution >= 0.6 is 0 Å². The molecule has 0 aromatic rings. The van der Waals surface area contributed by atoms with Gasteiger partial charge in [0.1, 0.15) is 6.04 Å². The topological polar surface area (TPSA) is 116 Å². The molecule has 201 valence electrons. The number of hydrogen-bond donors (Lipinski definition) is 4. The molecule has 0 spiro atoms. The van der Waals surface area contributed by atoms with Gasteiger partial charge in [0, 0.05) is 18.6 Å². The van der Waals surface area contributed by atoms with Gasteiger partial charge in [0.05, 0.1) is 0 Å². The summed E-state index contributed by atoms with van der Waals surface area (Å²) in [6, 6.07) is 1.09. The van der Waals surface area contributed by atoms with Crippen LogP contribution in [0, 0.1) is 5.92 Å². The molecule has 3 fully saturated rings. The largest absolute Gasteiger partial charge is 2.00 e. The standard InChI is InChI=1S/C18H30N4.C9H17NO2.Co/c1-2-10-18(22-14-16-8-4-6-12-20-16)17(9-1)21-13-15-7-3-5-11-19-15;10-8(9(11)12)6-7-4-2-1-3-5-7;/h3,5,7,16-18,21-22H,1-2,4,6,8-14H2;7-8H,1-6,10H2,(H,11,12);/q-2;;+2. The van der Waals surface area contributed by atoms with Gasteiger partial charge in [0.2, 0.25) is 0 Å². The van der Waals surface area contributed by atoms with Crippen LogP contribution in [0.2, 0.25) is 0 Å². The summed E-state index contributed by atoms with van der Waals surface area (Å²) in [6.07, 6.45) is 22.3. The van der Waals surface area contributed by atoms with E-state index in [1.807, 2.05) is 0 Å². The number of piperidine rings is 1. The molecular weight excluding hydrogens is 485 g/mol. The Bertz CT molecular complexity index is 647. The van der Waals surface area contributed by atoms with Crippen LogP contribution in [0.1, 0.15) is 83.5 Å². The molecule has 0 aromatic heterocycles. The maximum absolute atomic E-state index is 10.4. The summed E-state index contributed by atoms with van der Waals surface area (Å²) in [4.78, 5) is 10.4. The molecule has 2 heterocycles. The molecule has 7 nitrogen and oxygen atoms in total. The van der Waals surface area contributed by atoms with Crippen LogP contribution in [0.15, 0.2) is 23.9 Å². The number of carbonyl (C=O) groups is 1. The van der Waals surface area contributed by atoms with Gasteiger partial charge in [-0.25, -0.2) is 0 Å². The molecule has 0 amide bonds. The van der Waals surface area contributed by atoms with Crippen LogP contribution in [-0.2, 0) is 21.6 Å². The van der Waals surface area contributed by atoms with Crippen LogP contribution in [0.25, 0.3) is 10.6 Å². The van der Waals surface area contributed by atoms with Gasteiger partial charge >= 0.3 is 22.7 Å². The predicted octanol–water partition coefficient (Wildman–Crippen LogP) is 4.60. The predicted molar refractivity (Wildman–Crippen MR) is 140 cm³/mol. The van der Waals surface area contributed by atoms with E-state index in [1.165, 1.54) is 82.7 Å². The number of rotatable bonds is 9. The minimum Gasteiger partial charge on any atom is -0.684 e. The number of aliphatic carboxylic acids is 1. The van der Waals surface area contributed by atoms with Crippen molar-refractivity contribution in [2.45, 2.75) is 108 Å². The Morgan fingerprint density at radius 1 is 1.00 bits per heavy atom. The third-order valence-corrected chi connectivity index (χ3v) is 7.71. The molecule has 2 aliphatic heterocycles. The third kappa shape index (κ3) is 11.8. The van der Waals surface area contributed by atoms with E-state index in [4.69, 9.17) is 16.2 Å². The van der Waals surface area contributed by atoms with Crippen LogP contribution in [0.3, 0.4) is 0 Å². The van der Waals surface area contributed by atoms with E-state index >= 15 is 0 Å². The van der Waals surface area contributed by atoms with Gasteiger partial charge in [0.15, 0.2) is 0 Å². The fraction of sp³-hybridized carbons (Fsp3) is 0.815. The van der Waals surface area contributed by atoms with E-state index in [-0.39, 0.29) is 16.8 Å². The van der Waals surface area contributed by atoms with Crippen LogP contribution in [0.5, 0.6) is 0 Å². The summed E-state index contributed by atoms with van der Waals surface area (Å²) in [7, 11) is 0. The second kappa shape index (κ2) is 17.5. The van der Waals surface area contributed by atoms with E-state index in [2.05, 4.69) is 34.2 Å². The van der Waals surface area contributed by atoms with E-state index in [0.717, 1.165) is 26.2 Å². The molecule has 2 aliphatic carbocycles. The van der Waals surface area contributed by atoms with Crippen molar-refractivity contribution in [2.24, 2.45) is 11.7 Å². The van der Waals surface area contributed by atoms with Crippen molar-refractivity contribution in [2.75, 3.05) is 26.2 Å². The van der Waals surface area contributed by atoms with Crippen molar-refractivity contribution < 1.29 is 26.7 Å². The van der Waals surface area contributed by atoms with Crippen molar-refractivity contribution in [3.63, 3.8) is 0 Å². The summed E-state index contributed by atoms with van der Waals surface area (Å²) >= 11 is 0. The molecule has 35 heavy (non-hydrogen) atoms. The maximum Gasteiger partial charge on any atom is 2.00 e. The second-order valence-electron chi connectivity index (χ2n) is 10.5. The molecule has 4 atom stereocenters. The first-order valence-corrected chi connectivity index (χ1v) is 13.8. The van der Waals surface area contributed by atoms with Crippen molar-refractivity contribution in [1.29, 1.82) is 0 Å². The van der Waals surface area contributed by atoms with Crippen LogP contribution in [-0.4, -0.2) is 61.4 Å². The SMILES string of the molecule is C1=CC[N-]C(CNC2CCCCC2NCC2CCCC[N-]2)=C1.NC(CC1CCCCC1)C(=O)O.[Co+2]. The van der Waals surface area contributed by atoms with Crippen LogP contribution < -0.4 is 16.4 Å². The fourth-order valence-corrected chi connectivity index (χ4v) is 5.63. The number of nitrogens with two attached hydrogens (primary N) is 1. The van der Waals surface area contributed by atoms with Crippen molar-refractivity contribution in [1.82, 2.24) is 10.6 Å². The van der Waals surface area contributed by atoms with Crippen LogP contribution in [0.4, 0.5) is 0 Å². The van der Waals surface area contributed by atoms with E-state index in [9.17, 15) is 4.79 Å². The Hall–Kier alpha value is -0.904. The van der Waals surface area contributed by atoms with E-state index in [1.54, 1.807) is 0 Å². The molecule has 4 aliphatic rings. The van der Waals surface area contributed by atoms with Crippen molar-refractivity contribution >= 4 is 5.97 Å².